The summed E-state index contributed by atoms with van der Waals surface area (Å²) in [7, 11) is 0. The fourth-order valence-electron chi connectivity index (χ4n) is 1.52. The Morgan fingerprint density at radius 1 is 1.64 bits per heavy atom. The van der Waals surface area contributed by atoms with Gasteiger partial charge in [-0.1, -0.05) is 19.1 Å². The smallest absolute Gasteiger partial charge is 0.116 e. The number of nitrogens with zero attached hydrogens (tertiary/aromatic N) is 1. The normalized spacial score (nSPS) is 39.8. The molecular weight excluding hydrogens is 136 g/mol. The van der Waals surface area contributed by atoms with E-state index in [4.69, 9.17) is 0 Å². The summed E-state index contributed by atoms with van der Waals surface area (Å²) in [5.74, 6) is 1.62. The molecule has 0 aromatic heterocycles. The van der Waals surface area contributed by atoms with E-state index >= 15 is 0 Å². The van der Waals surface area contributed by atoms with Crippen LogP contribution in [0.25, 0.3) is 0 Å². The molecular formula is C9H12N2. The van der Waals surface area contributed by atoms with Gasteiger partial charge >= 0.3 is 0 Å². The third kappa shape index (κ3) is 0.754. The van der Waals surface area contributed by atoms with Crippen molar-refractivity contribution in [3.8, 4) is 0 Å². The largest absolute Gasteiger partial charge is 0.350 e. The Morgan fingerprint density at radius 2 is 2.45 bits per heavy atom. The zero-order valence-corrected chi connectivity index (χ0v) is 6.83. The van der Waals surface area contributed by atoms with Crippen molar-refractivity contribution in [1.82, 2.24) is 5.32 Å². The topological polar surface area (TPSA) is 24.4 Å². The molecule has 0 aromatic rings. The average Bonchev–Trinajstić information content (AvgIpc) is 2.34. The lowest BCUT2D eigenvalue weighted by molar-refractivity contribution is 0.454. The Morgan fingerprint density at radius 3 is 3.18 bits per heavy atom. The van der Waals surface area contributed by atoms with Gasteiger partial charge in [-0.15, -0.1) is 0 Å². The molecule has 0 saturated heterocycles. The molecule has 2 rings (SSSR count). The molecule has 0 radical (unpaired) electrons. The van der Waals surface area contributed by atoms with Crippen LogP contribution in [-0.4, -0.2) is 5.84 Å². The molecule has 2 aliphatic heterocycles. The second-order valence-electron chi connectivity index (χ2n) is 3.37. The molecule has 0 saturated carbocycles. The first-order valence-electron chi connectivity index (χ1n) is 3.93. The summed E-state index contributed by atoms with van der Waals surface area (Å²) in [4.78, 5) is 4.28. The van der Waals surface area contributed by atoms with Crippen molar-refractivity contribution in [1.29, 1.82) is 0 Å². The maximum Gasteiger partial charge on any atom is 0.116 e. The van der Waals surface area contributed by atoms with Crippen molar-refractivity contribution in [3.63, 3.8) is 0 Å². The third-order valence-electron chi connectivity index (χ3n) is 2.68. The lowest BCUT2D eigenvalue weighted by atomic mass is 9.77. The molecule has 11 heavy (non-hydrogen) atoms. The SMILES string of the molecule is CC1C=CN=C2NC=CC21C. The van der Waals surface area contributed by atoms with E-state index in [-0.39, 0.29) is 5.41 Å². The molecule has 2 atom stereocenters. The third-order valence-corrected chi connectivity index (χ3v) is 2.68. The summed E-state index contributed by atoms with van der Waals surface area (Å²) in [5.41, 5.74) is 0.120. The molecule has 2 unspecified atom stereocenters. The van der Waals surface area contributed by atoms with E-state index in [1.807, 2.05) is 12.4 Å². The lowest BCUT2D eigenvalue weighted by Gasteiger charge is -2.29. The average molecular weight is 148 g/mol. The summed E-state index contributed by atoms with van der Waals surface area (Å²) in [6.07, 6.45) is 8.17. The molecule has 0 aromatic carbocycles. The highest BCUT2D eigenvalue weighted by molar-refractivity contribution is 5.94. The predicted octanol–water partition coefficient (Wildman–Crippen LogP) is 1.67. The van der Waals surface area contributed by atoms with Crippen LogP contribution in [0.2, 0.25) is 0 Å². The predicted molar refractivity (Wildman–Crippen MR) is 46.1 cm³/mol. The summed E-state index contributed by atoms with van der Waals surface area (Å²) in [6.45, 7) is 4.42. The minimum atomic E-state index is 0.120. The molecule has 1 N–H and O–H groups in total. The monoisotopic (exact) mass is 148 g/mol. The molecule has 2 nitrogen and oxygen atoms in total. The van der Waals surface area contributed by atoms with Crippen LogP contribution in [0.15, 0.2) is 29.5 Å². The second-order valence-corrected chi connectivity index (χ2v) is 3.37. The first-order chi connectivity index (χ1) is 5.23. The maximum atomic E-state index is 4.28. The Balaban J connectivity index is 2.44. The highest BCUT2D eigenvalue weighted by Gasteiger charge is 2.37. The first kappa shape index (κ1) is 6.65. The standard InChI is InChI=1S/C9H12N2/c1-7-3-5-10-8-9(7,2)4-6-11-8/h3-7H,1-2H3,(H,10,11). The number of nitrogens with one attached hydrogen (secondary N) is 1. The molecule has 0 bridgehead atoms. The summed E-state index contributed by atoms with van der Waals surface area (Å²) < 4.78 is 0. The number of rotatable bonds is 0. The quantitative estimate of drug-likeness (QED) is 0.555. The highest BCUT2D eigenvalue weighted by atomic mass is 15.0. The molecule has 0 fully saturated rings. The van der Waals surface area contributed by atoms with Gasteiger partial charge in [-0.3, -0.25) is 0 Å². The van der Waals surface area contributed by atoms with Crippen molar-refractivity contribution in [2.75, 3.05) is 0 Å². The molecule has 2 heteroatoms. The Labute approximate surface area is 66.7 Å². The number of hydrogen-bond acceptors (Lipinski definition) is 2. The molecule has 58 valence electrons. The molecule has 2 aliphatic rings. The molecule has 0 aliphatic carbocycles. The van der Waals surface area contributed by atoms with Gasteiger partial charge in [-0.25, -0.2) is 4.99 Å². The van der Waals surface area contributed by atoms with Crippen molar-refractivity contribution in [3.05, 3.63) is 24.6 Å². The summed E-state index contributed by atoms with van der Waals surface area (Å²) in [6, 6.07) is 0. The van der Waals surface area contributed by atoms with Crippen LogP contribution in [0.1, 0.15) is 13.8 Å². The zero-order chi connectivity index (χ0) is 7.90. The van der Waals surface area contributed by atoms with Gasteiger partial charge in [0, 0.05) is 6.20 Å². The highest BCUT2D eigenvalue weighted by Crippen LogP contribution is 2.35. The van der Waals surface area contributed by atoms with Gasteiger partial charge < -0.3 is 5.32 Å². The lowest BCUT2D eigenvalue weighted by Crippen LogP contribution is -2.35. The van der Waals surface area contributed by atoms with Gasteiger partial charge in [0.2, 0.25) is 0 Å². The van der Waals surface area contributed by atoms with Crippen molar-refractivity contribution < 1.29 is 0 Å². The van der Waals surface area contributed by atoms with Gasteiger partial charge in [0.1, 0.15) is 5.84 Å². The van der Waals surface area contributed by atoms with Crippen LogP contribution in [0, 0.1) is 11.3 Å². The van der Waals surface area contributed by atoms with Crippen molar-refractivity contribution in [2.45, 2.75) is 13.8 Å². The number of aliphatic imine (C=N–C) groups is 1. The van der Waals surface area contributed by atoms with Crippen molar-refractivity contribution in [2.24, 2.45) is 16.3 Å². The Kier molecular flexibility index (Phi) is 1.19. The first-order valence-corrected chi connectivity index (χ1v) is 3.93. The maximum absolute atomic E-state index is 4.28. The van der Waals surface area contributed by atoms with E-state index in [0.717, 1.165) is 5.84 Å². The second kappa shape index (κ2) is 1.97. The van der Waals surface area contributed by atoms with Crippen LogP contribution >= 0.6 is 0 Å². The van der Waals surface area contributed by atoms with Gasteiger partial charge in [0.05, 0.1) is 5.41 Å². The van der Waals surface area contributed by atoms with E-state index < -0.39 is 0 Å². The summed E-state index contributed by atoms with van der Waals surface area (Å²) >= 11 is 0. The number of fused-ring (bicyclic) bond motifs is 1. The summed E-state index contributed by atoms with van der Waals surface area (Å²) in [5, 5.41) is 3.15. The van der Waals surface area contributed by atoms with Crippen LogP contribution in [-0.2, 0) is 0 Å². The van der Waals surface area contributed by atoms with Gasteiger partial charge in [-0.2, -0.15) is 0 Å². The van der Waals surface area contributed by atoms with Crippen LogP contribution in [0.5, 0.6) is 0 Å². The van der Waals surface area contributed by atoms with E-state index in [9.17, 15) is 0 Å². The van der Waals surface area contributed by atoms with Crippen LogP contribution in [0.3, 0.4) is 0 Å². The number of allylic oxidation sites excluding steroid dienone is 1. The fourth-order valence-corrected chi connectivity index (χ4v) is 1.52. The molecule has 0 spiro atoms. The molecule has 0 amide bonds. The van der Waals surface area contributed by atoms with Gasteiger partial charge in [0.15, 0.2) is 0 Å². The Bertz CT molecular complexity index is 263. The molecule has 2 heterocycles. The van der Waals surface area contributed by atoms with Crippen LogP contribution in [0.4, 0.5) is 0 Å². The zero-order valence-electron chi connectivity index (χ0n) is 6.83. The number of hydrogen-bond donors (Lipinski definition) is 1. The Hall–Kier alpha value is -1.05. The minimum Gasteiger partial charge on any atom is -0.350 e. The number of amidine groups is 1. The van der Waals surface area contributed by atoms with Gasteiger partial charge in [-0.05, 0) is 19.0 Å². The fraction of sp³-hybridized carbons (Fsp3) is 0.444. The van der Waals surface area contributed by atoms with E-state index in [1.165, 1.54) is 0 Å². The van der Waals surface area contributed by atoms with Crippen LogP contribution < -0.4 is 5.32 Å². The van der Waals surface area contributed by atoms with E-state index in [1.54, 1.807) is 0 Å². The van der Waals surface area contributed by atoms with E-state index in [2.05, 4.69) is 36.3 Å². The van der Waals surface area contributed by atoms with E-state index in [0.29, 0.717) is 5.92 Å². The minimum absolute atomic E-state index is 0.120. The van der Waals surface area contributed by atoms with Crippen molar-refractivity contribution >= 4 is 5.84 Å². The van der Waals surface area contributed by atoms with Gasteiger partial charge in [0.25, 0.3) is 0 Å².